The highest BCUT2D eigenvalue weighted by Crippen LogP contribution is 2.14. The van der Waals surface area contributed by atoms with Crippen LogP contribution >= 0.6 is 0 Å². The average Bonchev–Trinajstić information content (AvgIpc) is 3.24. The molecule has 0 aromatic rings. The van der Waals surface area contributed by atoms with Crippen LogP contribution in [-0.4, -0.2) is 37.2 Å². The van der Waals surface area contributed by atoms with Crippen molar-refractivity contribution >= 4 is 17.9 Å². The quantitative estimate of drug-likeness (QED) is 0.0200. The van der Waals surface area contributed by atoms with Gasteiger partial charge >= 0.3 is 17.9 Å². The third kappa shape index (κ3) is 45.7. The van der Waals surface area contributed by atoms with Crippen molar-refractivity contribution < 1.29 is 28.6 Å². The third-order valence-electron chi connectivity index (χ3n) is 10.2. The normalized spacial score (nSPS) is 12.8. The van der Waals surface area contributed by atoms with Gasteiger partial charge in [0.1, 0.15) is 13.2 Å². The van der Waals surface area contributed by atoms with Crippen LogP contribution in [0.2, 0.25) is 0 Å². The van der Waals surface area contributed by atoms with Gasteiger partial charge in [-0.15, -0.1) is 0 Å². The van der Waals surface area contributed by atoms with Crippen LogP contribution < -0.4 is 0 Å². The highest BCUT2D eigenvalue weighted by Gasteiger charge is 2.19. The molecule has 0 saturated heterocycles. The number of carbonyl (C=O) groups excluding carboxylic acids is 3. The van der Waals surface area contributed by atoms with Gasteiger partial charge in [-0.25, -0.2) is 0 Å². The van der Waals surface area contributed by atoms with E-state index in [2.05, 4.69) is 106 Å². The van der Waals surface area contributed by atoms with Gasteiger partial charge in [0, 0.05) is 19.3 Å². The van der Waals surface area contributed by atoms with E-state index in [-0.39, 0.29) is 37.5 Å². The zero-order valence-electron chi connectivity index (χ0n) is 38.9. The molecule has 60 heavy (non-hydrogen) atoms. The Morgan fingerprint density at radius 2 is 0.733 bits per heavy atom. The number of hydrogen-bond donors (Lipinski definition) is 0. The van der Waals surface area contributed by atoms with Crippen LogP contribution in [0.3, 0.4) is 0 Å². The first-order chi connectivity index (χ1) is 29.5. The standard InChI is InChI=1S/C54H90O6/c1-4-7-10-13-16-19-22-24-26-27-29-30-32-35-38-41-44-47-53(56)59-50-51(49-58-52(55)46-43-40-37-34-21-18-15-12-9-6-3)60-54(57)48-45-42-39-36-33-31-28-25-23-20-17-14-11-8-5-2/h8,11,14,16-17,19-20,23-24,26,29-30,35,38,51H,4-7,9-10,12-13,15,18,21-22,25,27-28,31-34,36-37,39-50H2,1-3H3/b11-8-,17-14-,19-16-,23-20-,26-24-,30-29-,38-35-. The molecule has 0 amide bonds. The molecule has 0 saturated carbocycles. The van der Waals surface area contributed by atoms with E-state index in [1.807, 2.05) is 0 Å². The Balaban J connectivity index is 4.48. The summed E-state index contributed by atoms with van der Waals surface area (Å²) in [6, 6.07) is 0. The Labute approximate surface area is 369 Å². The van der Waals surface area contributed by atoms with Crippen LogP contribution in [0.15, 0.2) is 85.1 Å². The molecule has 1 atom stereocenters. The smallest absolute Gasteiger partial charge is 0.306 e. The van der Waals surface area contributed by atoms with E-state index >= 15 is 0 Å². The second kappa shape index (κ2) is 48.3. The van der Waals surface area contributed by atoms with E-state index in [1.165, 1.54) is 89.9 Å². The van der Waals surface area contributed by atoms with Gasteiger partial charge in [0.25, 0.3) is 0 Å². The molecule has 1 unspecified atom stereocenters. The molecule has 342 valence electrons. The van der Waals surface area contributed by atoms with Gasteiger partial charge in [0.2, 0.25) is 0 Å². The topological polar surface area (TPSA) is 78.9 Å². The first-order valence-corrected chi connectivity index (χ1v) is 24.6. The average molecular weight is 835 g/mol. The highest BCUT2D eigenvalue weighted by atomic mass is 16.6. The van der Waals surface area contributed by atoms with Crippen molar-refractivity contribution in [3.05, 3.63) is 85.1 Å². The van der Waals surface area contributed by atoms with Gasteiger partial charge in [-0.1, -0.05) is 209 Å². The molecule has 0 radical (unpaired) electrons. The first-order valence-electron chi connectivity index (χ1n) is 24.6. The zero-order valence-corrected chi connectivity index (χ0v) is 38.9. The lowest BCUT2D eigenvalue weighted by Crippen LogP contribution is -2.30. The van der Waals surface area contributed by atoms with Crippen LogP contribution in [0.25, 0.3) is 0 Å². The number of unbranched alkanes of at least 4 members (excludes halogenated alkanes) is 20. The predicted molar refractivity (Wildman–Crippen MR) is 256 cm³/mol. The molecular weight excluding hydrogens is 745 g/mol. The lowest BCUT2D eigenvalue weighted by molar-refractivity contribution is -0.167. The molecule has 0 aliphatic heterocycles. The molecule has 0 aromatic heterocycles. The Kier molecular flexibility index (Phi) is 45.5. The molecule has 6 heteroatoms. The Morgan fingerprint density at radius 1 is 0.367 bits per heavy atom. The minimum atomic E-state index is -0.802. The van der Waals surface area contributed by atoms with Crippen molar-refractivity contribution in [3.63, 3.8) is 0 Å². The van der Waals surface area contributed by atoms with E-state index in [0.717, 1.165) is 83.5 Å². The predicted octanol–water partition coefficient (Wildman–Crippen LogP) is 16.0. The van der Waals surface area contributed by atoms with Gasteiger partial charge in [0.05, 0.1) is 0 Å². The fourth-order valence-electron chi connectivity index (χ4n) is 6.49. The number of hydrogen-bond acceptors (Lipinski definition) is 6. The van der Waals surface area contributed by atoms with Gasteiger partial charge in [-0.05, 0) is 77.0 Å². The summed E-state index contributed by atoms with van der Waals surface area (Å²) in [5.41, 5.74) is 0. The maximum Gasteiger partial charge on any atom is 0.306 e. The fourth-order valence-corrected chi connectivity index (χ4v) is 6.49. The van der Waals surface area contributed by atoms with Crippen molar-refractivity contribution in [2.45, 2.75) is 226 Å². The molecule has 6 nitrogen and oxygen atoms in total. The SMILES string of the molecule is CC\C=C/C=C\C=C/CCCCCCCCCC(=O)OC(COC(=O)CCC/C=C\C/C=C\C/C=C\C/C=C\CCCCC)COC(=O)CCCCCCCCCCCC. The van der Waals surface area contributed by atoms with Crippen LogP contribution in [0.5, 0.6) is 0 Å². The second-order valence-electron chi connectivity index (χ2n) is 16.1. The Bertz CT molecular complexity index is 1190. The summed E-state index contributed by atoms with van der Waals surface area (Å²) < 4.78 is 16.7. The van der Waals surface area contributed by atoms with Crippen LogP contribution in [-0.2, 0) is 28.6 Å². The van der Waals surface area contributed by atoms with E-state index in [4.69, 9.17) is 14.2 Å². The highest BCUT2D eigenvalue weighted by molar-refractivity contribution is 5.71. The van der Waals surface area contributed by atoms with E-state index in [9.17, 15) is 14.4 Å². The van der Waals surface area contributed by atoms with E-state index < -0.39 is 6.10 Å². The monoisotopic (exact) mass is 835 g/mol. The van der Waals surface area contributed by atoms with E-state index in [1.54, 1.807) is 0 Å². The summed E-state index contributed by atoms with van der Waals surface area (Å²) >= 11 is 0. The minimum Gasteiger partial charge on any atom is -0.462 e. The van der Waals surface area contributed by atoms with Gasteiger partial charge in [-0.2, -0.15) is 0 Å². The van der Waals surface area contributed by atoms with Gasteiger partial charge in [0.15, 0.2) is 6.10 Å². The maximum absolute atomic E-state index is 12.8. The van der Waals surface area contributed by atoms with Crippen molar-refractivity contribution in [2.75, 3.05) is 13.2 Å². The lowest BCUT2D eigenvalue weighted by Gasteiger charge is -2.18. The summed E-state index contributed by atoms with van der Waals surface area (Å²) in [5.74, 6) is -0.974. The lowest BCUT2D eigenvalue weighted by atomic mass is 10.1. The number of esters is 3. The zero-order chi connectivity index (χ0) is 43.7. The molecule has 0 aliphatic rings. The molecule has 0 aromatic carbocycles. The molecule has 0 N–H and O–H groups in total. The van der Waals surface area contributed by atoms with E-state index in [0.29, 0.717) is 19.3 Å². The largest absolute Gasteiger partial charge is 0.462 e. The number of carbonyl (C=O) groups is 3. The second-order valence-corrected chi connectivity index (χ2v) is 16.1. The van der Waals surface area contributed by atoms with Crippen molar-refractivity contribution in [2.24, 2.45) is 0 Å². The summed E-state index contributed by atoms with van der Waals surface area (Å²) in [5, 5.41) is 0. The summed E-state index contributed by atoms with van der Waals surface area (Å²) in [6.07, 6.45) is 61.4. The Morgan fingerprint density at radius 3 is 1.25 bits per heavy atom. The Hall–Kier alpha value is -3.41. The fraction of sp³-hybridized carbons (Fsp3) is 0.685. The molecule has 0 aliphatic carbocycles. The molecule has 0 heterocycles. The summed E-state index contributed by atoms with van der Waals surface area (Å²) in [7, 11) is 0. The maximum atomic E-state index is 12.8. The summed E-state index contributed by atoms with van der Waals surface area (Å²) in [4.78, 5) is 37.8. The van der Waals surface area contributed by atoms with Crippen molar-refractivity contribution in [1.82, 2.24) is 0 Å². The number of allylic oxidation sites excluding steroid dienone is 14. The molecular formula is C54H90O6. The van der Waals surface area contributed by atoms with Crippen LogP contribution in [0.1, 0.15) is 220 Å². The third-order valence-corrected chi connectivity index (χ3v) is 10.2. The molecule has 0 bridgehead atoms. The van der Waals surface area contributed by atoms with Crippen LogP contribution in [0.4, 0.5) is 0 Å². The number of ether oxygens (including phenoxy) is 3. The molecule has 0 rings (SSSR count). The number of rotatable bonds is 43. The summed E-state index contributed by atoms with van der Waals surface area (Å²) in [6.45, 7) is 6.40. The molecule has 0 spiro atoms. The van der Waals surface area contributed by atoms with Gasteiger partial charge < -0.3 is 14.2 Å². The van der Waals surface area contributed by atoms with Crippen LogP contribution in [0, 0.1) is 0 Å². The minimum absolute atomic E-state index is 0.0980. The molecule has 0 fully saturated rings. The van der Waals surface area contributed by atoms with Crippen molar-refractivity contribution in [1.29, 1.82) is 0 Å². The van der Waals surface area contributed by atoms with Crippen molar-refractivity contribution in [3.8, 4) is 0 Å². The van der Waals surface area contributed by atoms with Gasteiger partial charge in [-0.3, -0.25) is 14.4 Å². The first kappa shape index (κ1) is 56.6.